The van der Waals surface area contributed by atoms with Crippen LogP contribution in [0, 0.1) is 5.92 Å². The van der Waals surface area contributed by atoms with Gasteiger partial charge in [-0.05, 0) is 25.3 Å². The average molecular weight is 220 g/mol. The summed E-state index contributed by atoms with van der Waals surface area (Å²) in [6.07, 6.45) is 4.29. The molecule has 1 fully saturated rings. The van der Waals surface area contributed by atoms with Crippen LogP contribution in [0.5, 0.6) is 0 Å². The zero-order valence-electron chi connectivity index (χ0n) is 9.47. The van der Waals surface area contributed by atoms with Gasteiger partial charge in [0, 0.05) is 24.0 Å². The Hall–Kier alpha value is -1.42. The number of carboxylic acid groups (broad SMARTS) is 1. The van der Waals surface area contributed by atoms with Crippen LogP contribution in [0.4, 0.5) is 0 Å². The Morgan fingerprint density at radius 1 is 1.69 bits per heavy atom. The number of hydrogen-bond acceptors (Lipinski definition) is 3. The van der Waals surface area contributed by atoms with E-state index in [0.29, 0.717) is 17.5 Å². The van der Waals surface area contributed by atoms with Crippen molar-refractivity contribution < 1.29 is 9.90 Å². The Labute approximate surface area is 94.7 Å². The maximum absolute atomic E-state index is 11.4. The third kappa shape index (κ3) is 1.93. The highest BCUT2D eigenvalue weighted by Crippen LogP contribution is 2.33. The van der Waals surface area contributed by atoms with Crippen LogP contribution >= 0.6 is 0 Å². The minimum absolute atomic E-state index is 0.307. The Bertz CT molecular complexity index is 393. The van der Waals surface area contributed by atoms with Crippen molar-refractivity contribution in [3.63, 3.8) is 0 Å². The molecule has 86 valence electrons. The molecule has 0 radical (unpaired) electrons. The van der Waals surface area contributed by atoms with Crippen molar-refractivity contribution in [2.24, 2.45) is 5.92 Å². The Kier molecular flexibility index (Phi) is 2.68. The molecule has 1 heterocycles. The van der Waals surface area contributed by atoms with Crippen LogP contribution in [0.25, 0.3) is 0 Å². The van der Waals surface area contributed by atoms with Crippen LogP contribution in [0.2, 0.25) is 0 Å². The summed E-state index contributed by atoms with van der Waals surface area (Å²) in [5.74, 6) is -0.296. The topological polar surface area (TPSA) is 62.2 Å². The number of aromatic nitrogens is 1. The molecule has 1 aromatic rings. The van der Waals surface area contributed by atoms with E-state index in [4.69, 9.17) is 0 Å². The molecule has 1 aliphatic carbocycles. The number of carbonyl (C=O) groups is 1. The van der Waals surface area contributed by atoms with E-state index in [2.05, 4.69) is 17.2 Å². The molecule has 4 nitrogen and oxygen atoms in total. The van der Waals surface area contributed by atoms with E-state index in [1.54, 1.807) is 31.5 Å². The summed E-state index contributed by atoms with van der Waals surface area (Å²) in [5, 5.41) is 12.6. The number of rotatable bonds is 4. The normalized spacial score (nSPS) is 27.1. The molecule has 1 saturated carbocycles. The molecule has 3 unspecified atom stereocenters. The summed E-state index contributed by atoms with van der Waals surface area (Å²) < 4.78 is 0. The molecule has 0 aliphatic heterocycles. The standard InChI is InChI=1S/C12H16N2O2/c1-8-6-10(8)14-12(2,11(15)16)9-4-3-5-13-7-9/h3-5,7-8,10,14H,6H2,1-2H3,(H,15,16). The van der Waals surface area contributed by atoms with E-state index in [1.165, 1.54) is 0 Å². The van der Waals surface area contributed by atoms with E-state index in [0.717, 1.165) is 6.42 Å². The first kappa shape index (κ1) is 11.1. The highest BCUT2D eigenvalue weighted by Gasteiger charge is 2.43. The Morgan fingerprint density at radius 3 is 2.81 bits per heavy atom. The van der Waals surface area contributed by atoms with E-state index in [-0.39, 0.29) is 0 Å². The molecule has 0 bridgehead atoms. The van der Waals surface area contributed by atoms with Crippen molar-refractivity contribution in [2.45, 2.75) is 31.8 Å². The van der Waals surface area contributed by atoms with Gasteiger partial charge in [0.15, 0.2) is 0 Å². The van der Waals surface area contributed by atoms with E-state index in [9.17, 15) is 9.90 Å². The predicted octanol–water partition coefficient (Wildman–Crippen LogP) is 1.38. The Morgan fingerprint density at radius 2 is 2.38 bits per heavy atom. The van der Waals surface area contributed by atoms with Crippen molar-refractivity contribution in [1.29, 1.82) is 0 Å². The van der Waals surface area contributed by atoms with Crippen LogP contribution in [-0.2, 0) is 10.3 Å². The van der Waals surface area contributed by atoms with Gasteiger partial charge in [0.2, 0.25) is 0 Å². The van der Waals surface area contributed by atoms with Crippen LogP contribution in [0.15, 0.2) is 24.5 Å². The van der Waals surface area contributed by atoms with Crippen molar-refractivity contribution in [1.82, 2.24) is 10.3 Å². The van der Waals surface area contributed by atoms with Crippen LogP contribution < -0.4 is 5.32 Å². The van der Waals surface area contributed by atoms with E-state index in [1.807, 2.05) is 0 Å². The molecule has 1 aliphatic rings. The summed E-state index contributed by atoms with van der Waals surface area (Å²) in [4.78, 5) is 15.4. The third-order valence-corrected chi connectivity index (χ3v) is 3.25. The summed E-state index contributed by atoms with van der Waals surface area (Å²) in [5.41, 5.74) is -0.342. The lowest BCUT2D eigenvalue weighted by molar-refractivity contribution is -0.144. The molecule has 0 spiro atoms. The fraction of sp³-hybridized carbons (Fsp3) is 0.500. The lowest BCUT2D eigenvalue weighted by atomic mass is 9.93. The lowest BCUT2D eigenvalue weighted by Crippen LogP contribution is -2.48. The largest absolute Gasteiger partial charge is 0.480 e. The van der Waals surface area contributed by atoms with E-state index < -0.39 is 11.5 Å². The number of pyridine rings is 1. The van der Waals surface area contributed by atoms with Crippen LogP contribution in [0.3, 0.4) is 0 Å². The second-order valence-corrected chi connectivity index (χ2v) is 4.64. The quantitative estimate of drug-likeness (QED) is 0.804. The fourth-order valence-corrected chi connectivity index (χ4v) is 1.82. The van der Waals surface area contributed by atoms with Crippen molar-refractivity contribution in [2.75, 3.05) is 0 Å². The molecule has 0 saturated heterocycles. The molecule has 0 aromatic carbocycles. The second-order valence-electron chi connectivity index (χ2n) is 4.64. The second kappa shape index (κ2) is 3.87. The number of nitrogens with one attached hydrogen (secondary N) is 1. The van der Waals surface area contributed by atoms with Gasteiger partial charge in [0.05, 0.1) is 0 Å². The molecule has 0 amide bonds. The molecule has 2 N–H and O–H groups in total. The predicted molar refractivity (Wildman–Crippen MR) is 59.9 cm³/mol. The summed E-state index contributed by atoms with van der Waals surface area (Å²) in [6.45, 7) is 3.81. The lowest BCUT2D eigenvalue weighted by Gasteiger charge is -2.26. The molecule has 4 heteroatoms. The van der Waals surface area contributed by atoms with Gasteiger partial charge >= 0.3 is 5.97 Å². The monoisotopic (exact) mass is 220 g/mol. The molecular weight excluding hydrogens is 204 g/mol. The minimum atomic E-state index is -1.04. The van der Waals surface area contributed by atoms with Gasteiger partial charge in [0.25, 0.3) is 0 Å². The van der Waals surface area contributed by atoms with Gasteiger partial charge in [-0.25, -0.2) is 4.79 Å². The number of nitrogens with zero attached hydrogens (tertiary/aromatic N) is 1. The maximum atomic E-state index is 11.4. The smallest absolute Gasteiger partial charge is 0.328 e. The van der Waals surface area contributed by atoms with Crippen molar-refractivity contribution in [3.8, 4) is 0 Å². The van der Waals surface area contributed by atoms with Crippen LogP contribution in [-0.4, -0.2) is 22.1 Å². The summed E-state index contributed by atoms with van der Waals surface area (Å²) in [7, 11) is 0. The number of carboxylic acids is 1. The van der Waals surface area contributed by atoms with Gasteiger partial charge in [-0.2, -0.15) is 0 Å². The Balaban J connectivity index is 2.25. The first-order valence-corrected chi connectivity index (χ1v) is 5.45. The average Bonchev–Trinajstić information content (AvgIpc) is 2.95. The van der Waals surface area contributed by atoms with Crippen molar-refractivity contribution >= 4 is 5.97 Å². The van der Waals surface area contributed by atoms with Gasteiger partial charge < -0.3 is 5.11 Å². The highest BCUT2D eigenvalue weighted by molar-refractivity contribution is 5.80. The zero-order chi connectivity index (χ0) is 11.8. The molecule has 3 atom stereocenters. The molecule has 16 heavy (non-hydrogen) atoms. The number of aliphatic carboxylic acids is 1. The van der Waals surface area contributed by atoms with Gasteiger partial charge in [-0.1, -0.05) is 13.0 Å². The maximum Gasteiger partial charge on any atom is 0.328 e. The first-order valence-electron chi connectivity index (χ1n) is 5.45. The molecular formula is C12H16N2O2. The SMILES string of the molecule is CC1CC1NC(C)(C(=O)O)c1cccnc1. The van der Waals surface area contributed by atoms with Gasteiger partial charge in [0.1, 0.15) is 5.54 Å². The van der Waals surface area contributed by atoms with Gasteiger partial charge in [-0.15, -0.1) is 0 Å². The first-order chi connectivity index (χ1) is 7.54. The summed E-state index contributed by atoms with van der Waals surface area (Å²) in [6, 6.07) is 3.86. The third-order valence-electron chi connectivity index (χ3n) is 3.25. The number of hydrogen-bond donors (Lipinski definition) is 2. The van der Waals surface area contributed by atoms with Crippen LogP contribution in [0.1, 0.15) is 25.8 Å². The molecule has 2 rings (SSSR count). The fourth-order valence-electron chi connectivity index (χ4n) is 1.82. The summed E-state index contributed by atoms with van der Waals surface area (Å²) >= 11 is 0. The molecule has 1 aromatic heterocycles. The van der Waals surface area contributed by atoms with E-state index >= 15 is 0 Å². The van der Waals surface area contributed by atoms with Gasteiger partial charge in [-0.3, -0.25) is 10.3 Å². The van der Waals surface area contributed by atoms with Crippen molar-refractivity contribution in [3.05, 3.63) is 30.1 Å². The zero-order valence-corrected chi connectivity index (χ0v) is 9.47. The minimum Gasteiger partial charge on any atom is -0.480 e. The highest BCUT2D eigenvalue weighted by atomic mass is 16.4.